The monoisotopic (exact) mass is 299 g/mol. The van der Waals surface area contributed by atoms with Gasteiger partial charge in [0.05, 0.1) is 0 Å². The van der Waals surface area contributed by atoms with Crippen molar-refractivity contribution in [2.24, 2.45) is 5.92 Å². The summed E-state index contributed by atoms with van der Waals surface area (Å²) in [5.74, 6) is 0.110. The number of aromatic nitrogens is 1. The molecule has 1 fully saturated rings. The van der Waals surface area contributed by atoms with Crippen molar-refractivity contribution in [1.82, 2.24) is 15.6 Å². The number of amides is 1. The minimum absolute atomic E-state index is 0. The highest BCUT2D eigenvalue weighted by atomic mass is 35.5. The van der Waals surface area contributed by atoms with Crippen molar-refractivity contribution in [2.45, 2.75) is 39.3 Å². The fourth-order valence-corrected chi connectivity index (χ4v) is 2.59. The van der Waals surface area contributed by atoms with Crippen molar-refractivity contribution >= 4 is 18.3 Å². The number of carbonyl (C=O) groups excluding carboxylic acids is 1. The van der Waals surface area contributed by atoms with E-state index in [1.165, 1.54) is 0 Å². The van der Waals surface area contributed by atoms with Gasteiger partial charge in [0.1, 0.15) is 5.56 Å². The summed E-state index contributed by atoms with van der Waals surface area (Å²) in [6.45, 7) is 6.94. The van der Waals surface area contributed by atoms with Gasteiger partial charge in [0, 0.05) is 17.8 Å². The summed E-state index contributed by atoms with van der Waals surface area (Å²) in [5, 5.41) is 6.32. The van der Waals surface area contributed by atoms with Crippen LogP contribution in [0.4, 0.5) is 0 Å². The van der Waals surface area contributed by atoms with Gasteiger partial charge in [0.25, 0.3) is 11.5 Å². The topological polar surface area (TPSA) is 74.0 Å². The van der Waals surface area contributed by atoms with E-state index in [0.29, 0.717) is 5.92 Å². The number of hydrogen-bond acceptors (Lipinski definition) is 3. The highest BCUT2D eigenvalue weighted by molar-refractivity contribution is 5.94. The number of nitrogens with one attached hydrogen (secondary N) is 3. The molecule has 0 aliphatic carbocycles. The Labute approximate surface area is 125 Å². The van der Waals surface area contributed by atoms with Gasteiger partial charge in [-0.15, -0.1) is 12.4 Å². The van der Waals surface area contributed by atoms with Crippen molar-refractivity contribution in [3.63, 3.8) is 0 Å². The largest absolute Gasteiger partial charge is 0.347 e. The SMILES string of the molecule is Cc1ccc(C(=O)NC2C(C)CCNC2C)c(=O)[nH]1.Cl. The molecule has 0 saturated carbocycles. The second-order valence-electron chi connectivity index (χ2n) is 5.39. The normalized spacial score (nSPS) is 25.6. The van der Waals surface area contributed by atoms with E-state index in [1.807, 2.05) is 0 Å². The number of halogens is 1. The van der Waals surface area contributed by atoms with Crippen LogP contribution < -0.4 is 16.2 Å². The molecular weight excluding hydrogens is 278 g/mol. The molecule has 5 nitrogen and oxygen atoms in total. The molecule has 20 heavy (non-hydrogen) atoms. The van der Waals surface area contributed by atoms with Crippen LogP contribution in [0, 0.1) is 12.8 Å². The van der Waals surface area contributed by atoms with Crippen LogP contribution in [-0.2, 0) is 0 Å². The van der Waals surface area contributed by atoms with Crippen LogP contribution in [0.2, 0.25) is 0 Å². The van der Waals surface area contributed by atoms with Crippen molar-refractivity contribution in [1.29, 1.82) is 0 Å². The maximum Gasteiger partial charge on any atom is 0.260 e. The van der Waals surface area contributed by atoms with E-state index in [0.717, 1.165) is 18.7 Å². The first kappa shape index (κ1) is 16.7. The number of aromatic amines is 1. The van der Waals surface area contributed by atoms with Gasteiger partial charge in [-0.3, -0.25) is 9.59 Å². The molecule has 3 N–H and O–H groups in total. The second kappa shape index (κ2) is 6.90. The van der Waals surface area contributed by atoms with E-state index < -0.39 is 0 Å². The molecule has 3 unspecified atom stereocenters. The van der Waals surface area contributed by atoms with Gasteiger partial charge in [0.15, 0.2) is 0 Å². The molecular formula is C14H22ClN3O2. The highest BCUT2D eigenvalue weighted by Gasteiger charge is 2.29. The molecule has 2 heterocycles. The van der Waals surface area contributed by atoms with E-state index >= 15 is 0 Å². The van der Waals surface area contributed by atoms with Crippen LogP contribution in [0.15, 0.2) is 16.9 Å². The fourth-order valence-electron chi connectivity index (χ4n) is 2.59. The molecule has 112 valence electrons. The van der Waals surface area contributed by atoms with Crippen molar-refractivity contribution in [3.8, 4) is 0 Å². The Morgan fingerprint density at radius 3 is 2.65 bits per heavy atom. The minimum atomic E-state index is -0.332. The van der Waals surface area contributed by atoms with Crippen LogP contribution >= 0.6 is 12.4 Å². The average molecular weight is 300 g/mol. The van der Waals surface area contributed by atoms with Gasteiger partial charge in [-0.1, -0.05) is 6.92 Å². The summed E-state index contributed by atoms with van der Waals surface area (Å²) in [7, 11) is 0. The number of pyridine rings is 1. The molecule has 0 spiro atoms. The van der Waals surface area contributed by atoms with Crippen LogP contribution in [-0.4, -0.2) is 29.5 Å². The van der Waals surface area contributed by atoms with Crippen LogP contribution in [0.3, 0.4) is 0 Å². The average Bonchev–Trinajstić information content (AvgIpc) is 2.33. The van der Waals surface area contributed by atoms with E-state index in [-0.39, 0.29) is 41.5 Å². The summed E-state index contributed by atoms with van der Waals surface area (Å²) >= 11 is 0. The standard InChI is InChI=1S/C14H21N3O2.ClH/c1-8-6-7-15-10(3)12(8)17-14(19)11-5-4-9(2)16-13(11)18;/h4-5,8,10,12,15H,6-7H2,1-3H3,(H,16,18)(H,17,19);1H. The fraction of sp³-hybridized carbons (Fsp3) is 0.571. The molecule has 1 aliphatic heterocycles. The van der Waals surface area contributed by atoms with Crippen LogP contribution in [0.25, 0.3) is 0 Å². The molecule has 1 aromatic rings. The molecule has 2 rings (SSSR count). The molecule has 1 aromatic heterocycles. The molecule has 1 aliphatic rings. The number of rotatable bonds is 2. The minimum Gasteiger partial charge on any atom is -0.347 e. The lowest BCUT2D eigenvalue weighted by Crippen LogP contribution is -2.56. The second-order valence-corrected chi connectivity index (χ2v) is 5.39. The van der Waals surface area contributed by atoms with Gasteiger partial charge in [-0.2, -0.15) is 0 Å². The van der Waals surface area contributed by atoms with Gasteiger partial charge in [0.2, 0.25) is 0 Å². The number of piperidine rings is 1. The van der Waals surface area contributed by atoms with Gasteiger partial charge in [-0.05, 0) is 44.9 Å². The van der Waals surface area contributed by atoms with E-state index in [4.69, 9.17) is 0 Å². The van der Waals surface area contributed by atoms with Crippen molar-refractivity contribution < 1.29 is 4.79 Å². The van der Waals surface area contributed by atoms with Crippen molar-refractivity contribution in [3.05, 3.63) is 33.7 Å². The smallest absolute Gasteiger partial charge is 0.260 e. The van der Waals surface area contributed by atoms with E-state index in [2.05, 4.69) is 29.5 Å². The molecule has 0 radical (unpaired) electrons. The predicted molar refractivity (Wildman–Crippen MR) is 81.5 cm³/mol. The first-order valence-corrected chi connectivity index (χ1v) is 6.73. The number of hydrogen-bond donors (Lipinski definition) is 3. The molecule has 3 atom stereocenters. The maximum atomic E-state index is 12.2. The summed E-state index contributed by atoms with van der Waals surface area (Å²) in [6, 6.07) is 3.59. The number of H-pyrrole nitrogens is 1. The quantitative estimate of drug-likeness (QED) is 0.769. The summed E-state index contributed by atoms with van der Waals surface area (Å²) in [5.41, 5.74) is 0.597. The van der Waals surface area contributed by atoms with E-state index in [1.54, 1.807) is 19.1 Å². The molecule has 1 saturated heterocycles. The third kappa shape index (κ3) is 3.61. The van der Waals surface area contributed by atoms with Crippen LogP contribution in [0.1, 0.15) is 36.3 Å². The Kier molecular flexibility index (Phi) is 5.77. The Bertz CT molecular complexity index is 519. The van der Waals surface area contributed by atoms with E-state index in [9.17, 15) is 9.59 Å². The Morgan fingerprint density at radius 2 is 2.05 bits per heavy atom. The predicted octanol–water partition coefficient (Wildman–Crippen LogP) is 1.22. The Hall–Kier alpha value is -1.33. The molecule has 6 heteroatoms. The first-order chi connectivity index (χ1) is 8.99. The first-order valence-electron chi connectivity index (χ1n) is 6.73. The lowest BCUT2D eigenvalue weighted by Gasteiger charge is -2.35. The van der Waals surface area contributed by atoms with Gasteiger partial charge >= 0.3 is 0 Å². The Morgan fingerprint density at radius 1 is 1.35 bits per heavy atom. The zero-order chi connectivity index (χ0) is 14.0. The third-order valence-corrected chi connectivity index (χ3v) is 3.82. The zero-order valence-corrected chi connectivity index (χ0v) is 12.8. The summed E-state index contributed by atoms with van der Waals surface area (Å²) in [4.78, 5) is 26.6. The summed E-state index contributed by atoms with van der Waals surface area (Å²) in [6.07, 6.45) is 1.03. The number of aryl methyl sites for hydroxylation is 1. The lowest BCUT2D eigenvalue weighted by atomic mass is 9.89. The van der Waals surface area contributed by atoms with Crippen LogP contribution in [0.5, 0.6) is 0 Å². The molecule has 0 aromatic carbocycles. The third-order valence-electron chi connectivity index (χ3n) is 3.82. The van der Waals surface area contributed by atoms with Crippen molar-refractivity contribution in [2.75, 3.05) is 6.54 Å². The maximum absolute atomic E-state index is 12.2. The molecule has 1 amide bonds. The number of carbonyl (C=O) groups is 1. The highest BCUT2D eigenvalue weighted by Crippen LogP contribution is 2.16. The Balaban J connectivity index is 0.00000200. The zero-order valence-electron chi connectivity index (χ0n) is 12.0. The lowest BCUT2D eigenvalue weighted by molar-refractivity contribution is 0.0896. The molecule has 0 bridgehead atoms. The van der Waals surface area contributed by atoms with Gasteiger partial charge in [-0.25, -0.2) is 0 Å². The van der Waals surface area contributed by atoms with Gasteiger partial charge < -0.3 is 15.6 Å². The summed E-state index contributed by atoms with van der Waals surface area (Å²) < 4.78 is 0.